The number of rotatable bonds is 2. The Kier molecular flexibility index (Phi) is 4.23. The van der Waals surface area contributed by atoms with Crippen molar-refractivity contribution in [2.75, 3.05) is 12.3 Å². The molecule has 0 spiro atoms. The Hall–Kier alpha value is -1.87. The molecule has 1 fully saturated rings. The van der Waals surface area contributed by atoms with E-state index in [4.69, 9.17) is 5.73 Å². The minimum absolute atomic E-state index is 0.504. The smallest absolute Gasteiger partial charge is 0.123 e. The first-order chi connectivity index (χ1) is 13.1. The molecule has 5 atom stereocenters. The number of piperidine rings is 1. The summed E-state index contributed by atoms with van der Waals surface area (Å²) in [4.78, 5) is 4.33. The van der Waals surface area contributed by atoms with Gasteiger partial charge in [0.2, 0.25) is 0 Å². The summed E-state index contributed by atoms with van der Waals surface area (Å²) in [7, 11) is 0. The van der Waals surface area contributed by atoms with Crippen LogP contribution in [-0.2, 0) is 12.8 Å². The fraction of sp³-hybridized carbons (Fsp3) is 0.542. The molecule has 142 valence electrons. The maximum absolute atomic E-state index is 5.95. The van der Waals surface area contributed by atoms with Gasteiger partial charge in [0.25, 0.3) is 0 Å². The van der Waals surface area contributed by atoms with Gasteiger partial charge in [-0.2, -0.15) is 0 Å². The normalized spacial score (nSPS) is 32.3. The van der Waals surface area contributed by atoms with Crippen LogP contribution in [0.2, 0.25) is 0 Å². The molecule has 1 aromatic heterocycles. The van der Waals surface area contributed by atoms with Gasteiger partial charge in [-0.15, -0.1) is 0 Å². The Morgan fingerprint density at radius 2 is 1.96 bits per heavy atom. The highest BCUT2D eigenvalue weighted by Crippen LogP contribution is 2.46. The van der Waals surface area contributed by atoms with Gasteiger partial charge in [0.15, 0.2) is 0 Å². The van der Waals surface area contributed by atoms with Gasteiger partial charge < -0.3 is 11.1 Å². The van der Waals surface area contributed by atoms with E-state index in [9.17, 15) is 0 Å². The largest absolute Gasteiger partial charge is 0.384 e. The van der Waals surface area contributed by atoms with Gasteiger partial charge in [0, 0.05) is 12.2 Å². The number of nitrogens with one attached hydrogen (secondary N) is 1. The molecule has 3 nitrogen and oxygen atoms in total. The number of fused-ring (bicyclic) bond motifs is 2. The van der Waals surface area contributed by atoms with Crippen molar-refractivity contribution in [2.24, 2.45) is 11.8 Å². The van der Waals surface area contributed by atoms with Crippen LogP contribution in [0.5, 0.6) is 0 Å². The van der Waals surface area contributed by atoms with E-state index in [1.807, 2.05) is 6.20 Å². The van der Waals surface area contributed by atoms with E-state index in [2.05, 4.69) is 48.4 Å². The molecule has 3 heteroatoms. The molecule has 0 radical (unpaired) electrons. The van der Waals surface area contributed by atoms with Gasteiger partial charge in [-0.1, -0.05) is 32.0 Å². The molecule has 5 rings (SSSR count). The van der Waals surface area contributed by atoms with Gasteiger partial charge in [0.1, 0.15) is 5.82 Å². The molecule has 1 aliphatic heterocycles. The second-order valence-corrected chi connectivity index (χ2v) is 9.15. The molecule has 0 bridgehead atoms. The number of hydrogen-bond acceptors (Lipinski definition) is 3. The fourth-order valence-electron chi connectivity index (χ4n) is 6.00. The van der Waals surface area contributed by atoms with Crippen molar-refractivity contribution < 1.29 is 0 Å². The van der Waals surface area contributed by atoms with E-state index in [1.165, 1.54) is 48.8 Å². The third-order valence-electron chi connectivity index (χ3n) is 7.63. The lowest BCUT2D eigenvalue weighted by molar-refractivity contribution is 0.208. The number of pyridine rings is 1. The summed E-state index contributed by atoms with van der Waals surface area (Å²) in [6.07, 6.45) is 8.29. The van der Waals surface area contributed by atoms with Gasteiger partial charge in [-0.05, 0) is 96.2 Å². The quantitative estimate of drug-likeness (QED) is 0.813. The summed E-state index contributed by atoms with van der Waals surface area (Å²) in [6.45, 7) is 5.88. The zero-order chi connectivity index (χ0) is 18.5. The number of aromatic nitrogens is 1. The summed E-state index contributed by atoms with van der Waals surface area (Å²) in [5, 5.41) is 3.80. The standard InChI is InChI=1S/C24H31N3/c1-14-3-4-16-9-18(5-6-20(14)16)23-11-17(7-8-26-23)21-10-19-13-27-24(25)12-22(19)15(21)2/h5-6,9,12-15,17,21,23,26H,3-4,7-8,10-11H2,1-2H3,(H2,25,27). The summed E-state index contributed by atoms with van der Waals surface area (Å²) in [6, 6.07) is 9.90. The molecule has 5 unspecified atom stereocenters. The molecule has 2 heterocycles. The highest BCUT2D eigenvalue weighted by atomic mass is 14.9. The lowest BCUT2D eigenvalue weighted by Gasteiger charge is -2.36. The van der Waals surface area contributed by atoms with Crippen molar-refractivity contribution >= 4 is 5.82 Å². The highest BCUT2D eigenvalue weighted by Gasteiger charge is 2.37. The first-order valence-electron chi connectivity index (χ1n) is 10.7. The number of nitrogens with zero attached hydrogens (tertiary/aromatic N) is 1. The molecule has 2 aromatic rings. The summed E-state index contributed by atoms with van der Waals surface area (Å²) in [5.41, 5.74) is 13.5. The van der Waals surface area contributed by atoms with Crippen LogP contribution in [0.15, 0.2) is 30.5 Å². The van der Waals surface area contributed by atoms with Crippen molar-refractivity contribution in [3.8, 4) is 0 Å². The fourth-order valence-corrected chi connectivity index (χ4v) is 6.00. The van der Waals surface area contributed by atoms with Crippen molar-refractivity contribution in [2.45, 2.75) is 63.8 Å². The predicted molar refractivity (Wildman–Crippen MR) is 111 cm³/mol. The number of anilines is 1. The van der Waals surface area contributed by atoms with E-state index in [-0.39, 0.29) is 0 Å². The Balaban J connectivity index is 1.35. The van der Waals surface area contributed by atoms with Crippen LogP contribution in [0.25, 0.3) is 0 Å². The minimum Gasteiger partial charge on any atom is -0.384 e. The maximum Gasteiger partial charge on any atom is 0.123 e. The third kappa shape index (κ3) is 2.97. The van der Waals surface area contributed by atoms with Crippen molar-refractivity contribution in [3.63, 3.8) is 0 Å². The number of aryl methyl sites for hydroxylation is 1. The molecule has 27 heavy (non-hydrogen) atoms. The number of nitrogen functional groups attached to an aromatic ring is 1. The molecule has 0 saturated carbocycles. The van der Waals surface area contributed by atoms with Crippen LogP contribution >= 0.6 is 0 Å². The molecule has 1 saturated heterocycles. The molecule has 1 aromatic carbocycles. The molecular formula is C24H31N3. The first kappa shape index (κ1) is 17.2. The first-order valence-corrected chi connectivity index (χ1v) is 10.7. The topological polar surface area (TPSA) is 50.9 Å². The second-order valence-electron chi connectivity index (χ2n) is 9.15. The van der Waals surface area contributed by atoms with Crippen LogP contribution in [0.4, 0.5) is 5.82 Å². The number of hydrogen-bond donors (Lipinski definition) is 2. The number of benzene rings is 1. The van der Waals surface area contributed by atoms with Crippen LogP contribution in [0.1, 0.15) is 78.8 Å². The van der Waals surface area contributed by atoms with Crippen LogP contribution in [0, 0.1) is 11.8 Å². The van der Waals surface area contributed by atoms with Gasteiger partial charge in [0.05, 0.1) is 0 Å². The minimum atomic E-state index is 0.504. The molecular weight excluding hydrogens is 330 g/mol. The van der Waals surface area contributed by atoms with Gasteiger partial charge >= 0.3 is 0 Å². The van der Waals surface area contributed by atoms with Gasteiger partial charge in [-0.25, -0.2) is 4.98 Å². The average molecular weight is 362 g/mol. The zero-order valence-electron chi connectivity index (χ0n) is 16.5. The van der Waals surface area contributed by atoms with E-state index < -0.39 is 0 Å². The van der Waals surface area contributed by atoms with Crippen molar-refractivity contribution in [1.29, 1.82) is 0 Å². The summed E-state index contributed by atoms with van der Waals surface area (Å²) >= 11 is 0. The Labute approximate surface area is 162 Å². The van der Waals surface area contributed by atoms with Crippen molar-refractivity contribution in [3.05, 3.63) is 58.3 Å². The highest BCUT2D eigenvalue weighted by molar-refractivity contribution is 5.43. The number of nitrogens with two attached hydrogens (primary N) is 1. The van der Waals surface area contributed by atoms with E-state index in [1.54, 1.807) is 11.1 Å². The lowest BCUT2D eigenvalue weighted by atomic mass is 9.75. The third-order valence-corrected chi connectivity index (χ3v) is 7.63. The van der Waals surface area contributed by atoms with Crippen LogP contribution in [-0.4, -0.2) is 11.5 Å². The monoisotopic (exact) mass is 361 g/mol. The lowest BCUT2D eigenvalue weighted by Crippen LogP contribution is -2.35. The zero-order valence-corrected chi connectivity index (χ0v) is 16.5. The SMILES string of the molecule is CC1CCc2cc(C3CC(C4Cc5cnc(N)cc5C4C)CCN3)ccc21. The van der Waals surface area contributed by atoms with E-state index in [0.29, 0.717) is 17.8 Å². The molecule has 2 aliphatic carbocycles. The summed E-state index contributed by atoms with van der Waals surface area (Å²) < 4.78 is 0. The molecule has 0 amide bonds. The summed E-state index contributed by atoms with van der Waals surface area (Å²) in [5.74, 6) is 3.49. The average Bonchev–Trinajstić information content (AvgIpc) is 3.22. The van der Waals surface area contributed by atoms with Crippen molar-refractivity contribution in [1.82, 2.24) is 10.3 Å². The van der Waals surface area contributed by atoms with Gasteiger partial charge in [-0.3, -0.25) is 0 Å². The second kappa shape index (κ2) is 6.63. The maximum atomic E-state index is 5.95. The Morgan fingerprint density at radius 1 is 1.07 bits per heavy atom. The van der Waals surface area contributed by atoms with E-state index in [0.717, 1.165) is 24.3 Å². The van der Waals surface area contributed by atoms with Crippen LogP contribution < -0.4 is 11.1 Å². The Morgan fingerprint density at radius 3 is 2.85 bits per heavy atom. The molecule has 3 N–H and O–H groups in total. The molecule has 3 aliphatic rings. The predicted octanol–water partition coefficient (Wildman–Crippen LogP) is 4.73. The van der Waals surface area contributed by atoms with Crippen LogP contribution in [0.3, 0.4) is 0 Å². The Bertz CT molecular complexity index is 859. The van der Waals surface area contributed by atoms with E-state index >= 15 is 0 Å².